The van der Waals surface area contributed by atoms with Crippen molar-refractivity contribution in [1.82, 2.24) is 9.88 Å². The van der Waals surface area contributed by atoms with Gasteiger partial charge in [-0.2, -0.15) is 5.26 Å². The minimum absolute atomic E-state index is 0.0607. The van der Waals surface area contributed by atoms with Gasteiger partial charge in [-0.15, -0.1) is 0 Å². The zero-order valence-electron chi connectivity index (χ0n) is 21.2. The Morgan fingerprint density at radius 3 is 2.31 bits per heavy atom. The Morgan fingerprint density at radius 2 is 1.66 bits per heavy atom. The van der Waals surface area contributed by atoms with Crippen LogP contribution in [0.25, 0.3) is 28.5 Å². The summed E-state index contributed by atoms with van der Waals surface area (Å²) in [5.74, 6) is -0.0607. The van der Waals surface area contributed by atoms with Gasteiger partial charge in [0.1, 0.15) is 6.07 Å². The average Bonchev–Trinajstić information content (AvgIpc) is 3.15. The minimum Gasteiger partial charge on any atom is -0.381 e. The zero-order valence-corrected chi connectivity index (χ0v) is 21.2. The Morgan fingerprint density at radius 1 is 0.971 bits per heavy atom. The molecule has 35 heavy (non-hydrogen) atoms. The lowest BCUT2D eigenvalue weighted by Crippen LogP contribution is -2.09. The highest BCUT2D eigenvalue weighted by Gasteiger charge is 2.33. The molecule has 3 aromatic rings. The van der Waals surface area contributed by atoms with Crippen molar-refractivity contribution >= 4 is 11.9 Å². The molecule has 0 radical (unpaired) electrons. The van der Waals surface area contributed by atoms with Gasteiger partial charge >= 0.3 is 0 Å². The second-order valence-electron chi connectivity index (χ2n) is 9.50. The first kappa shape index (κ1) is 24.4. The Balaban J connectivity index is 1.82. The molecule has 178 valence electrons. The molecule has 0 spiro atoms. The van der Waals surface area contributed by atoms with Gasteiger partial charge in [-0.25, -0.2) is 4.98 Å². The van der Waals surface area contributed by atoms with Crippen LogP contribution in [0, 0.1) is 11.3 Å². The lowest BCUT2D eigenvalue weighted by Gasteiger charge is -2.16. The fourth-order valence-electron chi connectivity index (χ4n) is 4.65. The standard InChI is InChI=1S/C31H33N3O/c1-5-6-7-8-9-12-22-15-17-23(18-16-22)28-26(20-32)27(19-21(2)34(3)4)33-30-24-13-10-11-14-25(24)31(35)29(28)30/h10-11,13-19H,5-9,12H2,1-4H3/b21-19+. The third kappa shape index (κ3) is 4.91. The summed E-state index contributed by atoms with van der Waals surface area (Å²) in [6, 6.07) is 18.3. The summed E-state index contributed by atoms with van der Waals surface area (Å²) in [7, 11) is 3.93. The van der Waals surface area contributed by atoms with E-state index >= 15 is 0 Å². The summed E-state index contributed by atoms with van der Waals surface area (Å²) in [6.07, 6.45) is 9.24. The second kappa shape index (κ2) is 10.7. The number of fused-ring (bicyclic) bond motifs is 3. The van der Waals surface area contributed by atoms with E-state index in [0.29, 0.717) is 33.6 Å². The molecule has 0 saturated carbocycles. The maximum atomic E-state index is 13.5. The van der Waals surface area contributed by atoms with E-state index in [1.807, 2.05) is 56.3 Å². The number of hydrogen-bond acceptors (Lipinski definition) is 4. The van der Waals surface area contributed by atoms with Crippen molar-refractivity contribution in [3.8, 4) is 28.5 Å². The maximum Gasteiger partial charge on any atom is 0.196 e. The molecule has 4 rings (SSSR count). The summed E-state index contributed by atoms with van der Waals surface area (Å²) >= 11 is 0. The number of carbonyl (C=O) groups excluding carboxylic acids is 1. The largest absolute Gasteiger partial charge is 0.381 e. The molecule has 0 N–H and O–H groups in total. The van der Waals surface area contributed by atoms with Crippen LogP contribution < -0.4 is 0 Å². The molecule has 4 heteroatoms. The first-order valence-corrected chi connectivity index (χ1v) is 12.5. The van der Waals surface area contributed by atoms with Crippen LogP contribution >= 0.6 is 0 Å². The van der Waals surface area contributed by atoms with Crippen LogP contribution in [0.4, 0.5) is 0 Å². The van der Waals surface area contributed by atoms with Crippen LogP contribution in [0.1, 0.15) is 78.7 Å². The molecule has 2 aromatic carbocycles. The van der Waals surface area contributed by atoms with E-state index < -0.39 is 0 Å². The highest BCUT2D eigenvalue weighted by molar-refractivity contribution is 6.24. The summed E-state index contributed by atoms with van der Waals surface area (Å²) in [4.78, 5) is 20.4. The third-order valence-corrected chi connectivity index (χ3v) is 6.85. The number of benzene rings is 2. The van der Waals surface area contributed by atoms with Crippen LogP contribution in [0.5, 0.6) is 0 Å². The van der Waals surface area contributed by atoms with Gasteiger partial charge in [-0.3, -0.25) is 4.79 Å². The van der Waals surface area contributed by atoms with Gasteiger partial charge in [-0.05, 0) is 37.0 Å². The van der Waals surface area contributed by atoms with E-state index in [9.17, 15) is 10.1 Å². The lowest BCUT2D eigenvalue weighted by atomic mass is 9.91. The van der Waals surface area contributed by atoms with Crippen LogP contribution in [-0.4, -0.2) is 29.8 Å². The molecule has 0 fully saturated rings. The molecule has 0 aliphatic heterocycles. The third-order valence-electron chi connectivity index (χ3n) is 6.85. The van der Waals surface area contributed by atoms with Crippen molar-refractivity contribution < 1.29 is 4.79 Å². The van der Waals surface area contributed by atoms with Gasteiger partial charge in [0.05, 0.1) is 22.5 Å². The van der Waals surface area contributed by atoms with Gasteiger partial charge in [0.2, 0.25) is 0 Å². The summed E-state index contributed by atoms with van der Waals surface area (Å²) in [5.41, 5.74) is 7.55. The zero-order chi connectivity index (χ0) is 24.9. The summed E-state index contributed by atoms with van der Waals surface area (Å²) in [5, 5.41) is 10.2. The van der Waals surface area contributed by atoms with Crippen molar-refractivity contribution in [2.24, 2.45) is 0 Å². The van der Waals surface area contributed by atoms with E-state index in [4.69, 9.17) is 4.98 Å². The lowest BCUT2D eigenvalue weighted by molar-refractivity contribution is 0.104. The molecular weight excluding hydrogens is 430 g/mol. The summed E-state index contributed by atoms with van der Waals surface area (Å²) in [6.45, 7) is 4.22. The van der Waals surface area contributed by atoms with E-state index in [0.717, 1.165) is 23.2 Å². The van der Waals surface area contributed by atoms with Crippen molar-refractivity contribution in [2.75, 3.05) is 14.1 Å². The highest BCUT2D eigenvalue weighted by atomic mass is 16.1. The quantitative estimate of drug-likeness (QED) is 0.245. The number of aromatic nitrogens is 1. The molecule has 1 heterocycles. The number of allylic oxidation sites excluding steroid dienone is 1. The number of rotatable bonds is 9. The molecule has 1 aliphatic rings. The Bertz CT molecular complexity index is 1310. The Labute approximate surface area is 208 Å². The number of hydrogen-bond donors (Lipinski definition) is 0. The number of unbranched alkanes of at least 4 members (excludes halogenated alkanes) is 4. The second-order valence-corrected chi connectivity index (χ2v) is 9.50. The number of carbonyl (C=O) groups is 1. The van der Waals surface area contributed by atoms with E-state index in [2.05, 4.69) is 37.3 Å². The number of nitrogens with zero attached hydrogens (tertiary/aromatic N) is 3. The first-order chi connectivity index (χ1) is 17.0. The van der Waals surface area contributed by atoms with Gasteiger partial charge in [0.15, 0.2) is 5.78 Å². The monoisotopic (exact) mass is 463 g/mol. The maximum absolute atomic E-state index is 13.5. The first-order valence-electron chi connectivity index (χ1n) is 12.5. The van der Waals surface area contributed by atoms with E-state index in [-0.39, 0.29) is 5.78 Å². The van der Waals surface area contributed by atoms with Crippen LogP contribution in [0.3, 0.4) is 0 Å². The number of nitriles is 1. The fraction of sp³-hybridized carbons (Fsp3) is 0.323. The van der Waals surface area contributed by atoms with Gasteiger partial charge in [-0.1, -0.05) is 81.1 Å². The SMILES string of the molecule is CCCCCCCc1ccc(-c2c(C#N)c(/C=C(\C)N(C)C)nc3c2C(=O)c2ccccc2-3)cc1. The van der Waals surface area contributed by atoms with Crippen LogP contribution in [0.15, 0.2) is 54.2 Å². The molecule has 4 nitrogen and oxygen atoms in total. The van der Waals surface area contributed by atoms with Crippen molar-refractivity contribution in [3.63, 3.8) is 0 Å². The topological polar surface area (TPSA) is 57.0 Å². The van der Waals surface area contributed by atoms with Gasteiger partial charge < -0.3 is 4.90 Å². The molecular formula is C31H33N3O. The Hall–Kier alpha value is -3.71. The molecule has 0 bridgehead atoms. The molecule has 0 amide bonds. The van der Waals surface area contributed by atoms with Gasteiger partial charge in [0, 0.05) is 36.5 Å². The van der Waals surface area contributed by atoms with Crippen molar-refractivity contribution in [1.29, 1.82) is 5.26 Å². The van der Waals surface area contributed by atoms with Gasteiger partial charge in [0.25, 0.3) is 0 Å². The van der Waals surface area contributed by atoms with E-state index in [1.165, 1.54) is 37.7 Å². The smallest absolute Gasteiger partial charge is 0.196 e. The predicted octanol–water partition coefficient (Wildman–Crippen LogP) is 7.27. The molecule has 1 aliphatic carbocycles. The highest BCUT2D eigenvalue weighted by Crippen LogP contribution is 2.43. The predicted molar refractivity (Wildman–Crippen MR) is 143 cm³/mol. The van der Waals surface area contributed by atoms with Crippen molar-refractivity contribution in [3.05, 3.63) is 82.2 Å². The van der Waals surface area contributed by atoms with Crippen molar-refractivity contribution in [2.45, 2.75) is 52.4 Å². The van der Waals surface area contributed by atoms with Crippen LogP contribution in [0.2, 0.25) is 0 Å². The average molecular weight is 464 g/mol. The minimum atomic E-state index is -0.0607. The van der Waals surface area contributed by atoms with E-state index in [1.54, 1.807) is 0 Å². The molecule has 0 unspecified atom stereocenters. The molecule has 0 saturated heterocycles. The fourth-order valence-corrected chi connectivity index (χ4v) is 4.65. The molecule has 1 aromatic heterocycles. The number of pyridine rings is 1. The number of ketones is 1. The summed E-state index contributed by atoms with van der Waals surface area (Å²) < 4.78 is 0. The Kier molecular flexibility index (Phi) is 7.46. The number of aryl methyl sites for hydroxylation is 1. The normalized spacial score (nSPS) is 12.3. The molecule has 0 atom stereocenters. The van der Waals surface area contributed by atoms with Crippen LogP contribution in [-0.2, 0) is 6.42 Å².